The fourth-order valence-corrected chi connectivity index (χ4v) is 4.10. The Balaban J connectivity index is 1.64. The van der Waals surface area contributed by atoms with E-state index >= 15 is 0 Å². The monoisotopic (exact) mass is 301 g/mol. The SMILES string of the molecule is COc1ccc2c(c1)[C@@]1(CCO2)C[C@@H]1C(=O)N1CCC1(C)C. The number of methoxy groups -OCH3 is 1. The summed E-state index contributed by atoms with van der Waals surface area (Å²) in [5.74, 6) is 2.20. The summed E-state index contributed by atoms with van der Waals surface area (Å²) >= 11 is 0. The third kappa shape index (κ3) is 1.79. The Morgan fingerprint density at radius 3 is 2.82 bits per heavy atom. The van der Waals surface area contributed by atoms with Gasteiger partial charge in [-0.15, -0.1) is 0 Å². The second-order valence-electron chi connectivity index (χ2n) is 7.43. The first-order valence-electron chi connectivity index (χ1n) is 8.11. The van der Waals surface area contributed by atoms with E-state index in [0.717, 1.165) is 42.9 Å². The predicted molar refractivity (Wildman–Crippen MR) is 83.3 cm³/mol. The topological polar surface area (TPSA) is 38.8 Å². The molecule has 22 heavy (non-hydrogen) atoms. The van der Waals surface area contributed by atoms with Crippen molar-refractivity contribution in [2.24, 2.45) is 5.92 Å². The molecule has 1 aromatic rings. The van der Waals surface area contributed by atoms with Crippen LogP contribution < -0.4 is 9.47 Å². The molecule has 4 rings (SSSR count). The highest BCUT2D eigenvalue weighted by Crippen LogP contribution is 2.62. The lowest BCUT2D eigenvalue weighted by molar-refractivity contribution is -0.146. The number of fused-ring (bicyclic) bond motifs is 2. The number of ether oxygens (including phenoxy) is 2. The van der Waals surface area contributed by atoms with Crippen molar-refractivity contribution in [3.05, 3.63) is 23.8 Å². The molecule has 0 unspecified atom stereocenters. The quantitative estimate of drug-likeness (QED) is 0.843. The van der Waals surface area contributed by atoms with Crippen LogP contribution in [0.1, 0.15) is 38.7 Å². The maximum atomic E-state index is 12.9. The van der Waals surface area contributed by atoms with Gasteiger partial charge in [0.25, 0.3) is 0 Å². The second kappa shape index (κ2) is 4.40. The van der Waals surface area contributed by atoms with E-state index in [4.69, 9.17) is 9.47 Å². The van der Waals surface area contributed by atoms with Crippen molar-refractivity contribution in [3.8, 4) is 11.5 Å². The molecule has 1 saturated carbocycles. The minimum absolute atomic E-state index is 0.0229. The van der Waals surface area contributed by atoms with Gasteiger partial charge in [-0.3, -0.25) is 4.79 Å². The van der Waals surface area contributed by atoms with E-state index < -0.39 is 0 Å². The first kappa shape index (κ1) is 13.9. The van der Waals surface area contributed by atoms with Gasteiger partial charge in [-0.2, -0.15) is 0 Å². The summed E-state index contributed by atoms with van der Waals surface area (Å²) in [5.41, 5.74) is 1.17. The molecule has 1 saturated heterocycles. The lowest BCUT2D eigenvalue weighted by Gasteiger charge is -2.49. The number of benzene rings is 1. The van der Waals surface area contributed by atoms with Crippen LogP contribution in [0.25, 0.3) is 0 Å². The van der Waals surface area contributed by atoms with E-state index in [-0.39, 0.29) is 16.9 Å². The molecular weight excluding hydrogens is 278 g/mol. The van der Waals surface area contributed by atoms with Gasteiger partial charge in [-0.05, 0) is 51.3 Å². The summed E-state index contributed by atoms with van der Waals surface area (Å²) in [7, 11) is 1.68. The van der Waals surface area contributed by atoms with Gasteiger partial charge < -0.3 is 14.4 Å². The highest BCUT2D eigenvalue weighted by molar-refractivity contribution is 5.86. The number of carbonyl (C=O) groups excluding carboxylic acids is 1. The summed E-state index contributed by atoms with van der Waals surface area (Å²) in [6.07, 6.45) is 2.98. The maximum absolute atomic E-state index is 12.9. The minimum Gasteiger partial charge on any atom is -0.497 e. The molecule has 2 atom stereocenters. The van der Waals surface area contributed by atoms with Crippen molar-refractivity contribution in [2.45, 2.75) is 44.1 Å². The minimum atomic E-state index is -0.0229. The Labute approximate surface area is 131 Å². The smallest absolute Gasteiger partial charge is 0.227 e. The van der Waals surface area contributed by atoms with E-state index in [9.17, 15) is 4.79 Å². The lowest BCUT2D eigenvalue weighted by Crippen LogP contribution is -2.59. The normalized spacial score (nSPS) is 31.0. The van der Waals surface area contributed by atoms with Gasteiger partial charge in [0.2, 0.25) is 5.91 Å². The summed E-state index contributed by atoms with van der Waals surface area (Å²) in [6, 6.07) is 5.96. The third-order valence-electron chi connectivity index (χ3n) is 5.85. The fourth-order valence-electron chi connectivity index (χ4n) is 4.10. The summed E-state index contributed by atoms with van der Waals surface area (Å²) < 4.78 is 11.1. The van der Waals surface area contributed by atoms with Crippen LogP contribution in [0.2, 0.25) is 0 Å². The number of carbonyl (C=O) groups is 1. The van der Waals surface area contributed by atoms with Crippen LogP contribution in [0.4, 0.5) is 0 Å². The van der Waals surface area contributed by atoms with Crippen LogP contribution in [0.5, 0.6) is 11.5 Å². The van der Waals surface area contributed by atoms with Crippen LogP contribution in [0, 0.1) is 5.92 Å². The van der Waals surface area contributed by atoms with Gasteiger partial charge in [-0.25, -0.2) is 0 Å². The van der Waals surface area contributed by atoms with Crippen LogP contribution in [-0.4, -0.2) is 36.6 Å². The van der Waals surface area contributed by atoms with Gasteiger partial charge >= 0.3 is 0 Å². The highest BCUT2D eigenvalue weighted by atomic mass is 16.5. The fraction of sp³-hybridized carbons (Fsp3) is 0.611. The second-order valence-corrected chi connectivity index (χ2v) is 7.43. The average molecular weight is 301 g/mol. The van der Waals surface area contributed by atoms with Crippen molar-refractivity contribution in [1.29, 1.82) is 0 Å². The summed E-state index contributed by atoms with van der Waals surface area (Å²) in [6.45, 7) is 5.92. The Hall–Kier alpha value is -1.71. The first-order valence-corrected chi connectivity index (χ1v) is 8.11. The number of nitrogens with zero attached hydrogens (tertiary/aromatic N) is 1. The molecule has 2 aliphatic heterocycles. The van der Waals surface area contributed by atoms with E-state index in [0.29, 0.717) is 12.5 Å². The molecule has 3 aliphatic rings. The zero-order chi connectivity index (χ0) is 15.5. The molecule has 0 N–H and O–H groups in total. The van der Waals surface area contributed by atoms with E-state index in [1.165, 1.54) is 0 Å². The van der Waals surface area contributed by atoms with E-state index in [2.05, 4.69) is 24.8 Å². The molecule has 0 bridgehead atoms. The molecule has 118 valence electrons. The van der Waals surface area contributed by atoms with Gasteiger partial charge in [0.15, 0.2) is 0 Å². The molecule has 4 heteroatoms. The Morgan fingerprint density at radius 1 is 1.36 bits per heavy atom. The molecule has 2 fully saturated rings. The van der Waals surface area contributed by atoms with Gasteiger partial charge in [0.05, 0.1) is 13.7 Å². The third-order valence-corrected chi connectivity index (χ3v) is 5.85. The molecule has 0 aromatic heterocycles. The highest BCUT2D eigenvalue weighted by Gasteiger charge is 2.63. The summed E-state index contributed by atoms with van der Waals surface area (Å²) in [5, 5.41) is 0. The zero-order valence-electron chi connectivity index (χ0n) is 13.5. The largest absolute Gasteiger partial charge is 0.497 e. The van der Waals surface area contributed by atoms with Crippen LogP contribution >= 0.6 is 0 Å². The standard InChI is InChI=1S/C18H23NO3/c1-17(2)6-8-19(17)16(20)14-11-18(14)7-9-22-15-5-4-12(21-3)10-13(15)18/h4-5,10,14H,6-9,11H2,1-3H3/t14-,18-/m1/s1. The van der Waals surface area contributed by atoms with Crippen LogP contribution in [0.15, 0.2) is 18.2 Å². The summed E-state index contributed by atoms with van der Waals surface area (Å²) in [4.78, 5) is 15.0. The Kier molecular flexibility index (Phi) is 2.78. The molecule has 1 aromatic carbocycles. The van der Waals surface area contributed by atoms with Crippen molar-refractivity contribution >= 4 is 5.91 Å². The van der Waals surface area contributed by atoms with Crippen molar-refractivity contribution < 1.29 is 14.3 Å². The lowest BCUT2D eigenvalue weighted by atomic mass is 9.84. The van der Waals surface area contributed by atoms with Crippen LogP contribution in [0.3, 0.4) is 0 Å². The van der Waals surface area contributed by atoms with Gasteiger partial charge in [0, 0.05) is 29.0 Å². The first-order chi connectivity index (χ1) is 10.5. The number of likely N-dealkylation sites (tertiary alicyclic amines) is 1. The van der Waals surface area contributed by atoms with Crippen molar-refractivity contribution in [3.63, 3.8) is 0 Å². The van der Waals surface area contributed by atoms with Gasteiger partial charge in [-0.1, -0.05) is 0 Å². The average Bonchev–Trinajstić information content (AvgIpc) is 3.21. The molecule has 1 aliphatic carbocycles. The molecule has 0 radical (unpaired) electrons. The van der Waals surface area contributed by atoms with Crippen molar-refractivity contribution in [1.82, 2.24) is 4.90 Å². The van der Waals surface area contributed by atoms with Gasteiger partial charge in [0.1, 0.15) is 11.5 Å². The Bertz CT molecular complexity index is 639. The number of rotatable bonds is 2. The molecular formula is C18H23NO3. The molecule has 1 amide bonds. The molecule has 1 spiro atoms. The maximum Gasteiger partial charge on any atom is 0.227 e. The predicted octanol–water partition coefficient (Wildman–Crippen LogP) is 2.75. The number of amides is 1. The van der Waals surface area contributed by atoms with E-state index in [1.54, 1.807) is 7.11 Å². The number of hydrogen-bond acceptors (Lipinski definition) is 3. The zero-order valence-corrected chi connectivity index (χ0v) is 13.5. The van der Waals surface area contributed by atoms with Crippen LogP contribution in [-0.2, 0) is 10.2 Å². The van der Waals surface area contributed by atoms with Crippen molar-refractivity contribution in [2.75, 3.05) is 20.3 Å². The Morgan fingerprint density at radius 2 is 2.18 bits per heavy atom. The molecule has 4 nitrogen and oxygen atoms in total. The number of hydrogen-bond donors (Lipinski definition) is 0. The van der Waals surface area contributed by atoms with E-state index in [1.807, 2.05) is 12.1 Å². The molecule has 2 heterocycles.